The van der Waals surface area contributed by atoms with Crippen molar-refractivity contribution in [2.24, 2.45) is 17.8 Å². The lowest BCUT2D eigenvalue weighted by atomic mass is 10.1. The van der Waals surface area contributed by atoms with Crippen molar-refractivity contribution in [3.63, 3.8) is 0 Å². The van der Waals surface area contributed by atoms with Gasteiger partial charge in [0.2, 0.25) is 5.91 Å². The van der Waals surface area contributed by atoms with Crippen LogP contribution in [0.25, 0.3) is 0 Å². The zero-order valence-corrected chi connectivity index (χ0v) is 7.56. The molecule has 1 aliphatic heterocycles. The first-order chi connectivity index (χ1) is 6.09. The Morgan fingerprint density at radius 1 is 1.38 bits per heavy atom. The number of hydrogen-bond donors (Lipinski definition) is 1. The van der Waals surface area contributed by atoms with Crippen LogP contribution in [0.5, 0.6) is 0 Å². The SMILES string of the molecule is CC(C(=O)O)C(=O)N1CC2CC2C1. The van der Waals surface area contributed by atoms with Gasteiger partial charge >= 0.3 is 5.97 Å². The predicted octanol–water partition coefficient (Wildman–Crippen LogP) is 0.185. The molecule has 1 aliphatic carbocycles. The van der Waals surface area contributed by atoms with Crippen LogP contribution in [-0.2, 0) is 9.59 Å². The molecule has 1 saturated heterocycles. The van der Waals surface area contributed by atoms with Gasteiger partial charge in [-0.2, -0.15) is 0 Å². The fourth-order valence-electron chi connectivity index (χ4n) is 1.96. The van der Waals surface area contributed by atoms with Gasteiger partial charge in [-0.25, -0.2) is 0 Å². The molecule has 3 atom stereocenters. The summed E-state index contributed by atoms with van der Waals surface area (Å²) in [4.78, 5) is 23.7. The van der Waals surface area contributed by atoms with Gasteiger partial charge in [0.05, 0.1) is 0 Å². The van der Waals surface area contributed by atoms with Gasteiger partial charge in [-0.05, 0) is 25.2 Å². The van der Waals surface area contributed by atoms with E-state index in [0.717, 1.165) is 13.1 Å². The lowest BCUT2D eigenvalue weighted by molar-refractivity contribution is -0.150. The average molecular weight is 183 g/mol. The van der Waals surface area contributed by atoms with E-state index in [1.807, 2.05) is 0 Å². The van der Waals surface area contributed by atoms with E-state index < -0.39 is 11.9 Å². The molecule has 2 rings (SSSR count). The van der Waals surface area contributed by atoms with Gasteiger partial charge < -0.3 is 10.0 Å². The minimum atomic E-state index is -1.02. The third-order valence-electron chi connectivity index (χ3n) is 3.03. The highest BCUT2D eigenvalue weighted by molar-refractivity contribution is 5.96. The number of rotatable bonds is 2. The van der Waals surface area contributed by atoms with E-state index in [1.165, 1.54) is 13.3 Å². The average Bonchev–Trinajstić information content (AvgIpc) is 2.71. The molecule has 0 aromatic heterocycles. The number of likely N-dealkylation sites (tertiary alicyclic amines) is 1. The molecule has 0 radical (unpaired) electrons. The van der Waals surface area contributed by atoms with Crippen molar-refractivity contribution in [1.82, 2.24) is 4.90 Å². The van der Waals surface area contributed by atoms with Crippen molar-refractivity contribution in [2.75, 3.05) is 13.1 Å². The molecule has 4 heteroatoms. The fourth-order valence-corrected chi connectivity index (χ4v) is 1.96. The van der Waals surface area contributed by atoms with E-state index in [9.17, 15) is 9.59 Å². The molecule has 3 unspecified atom stereocenters. The van der Waals surface area contributed by atoms with Crippen LogP contribution in [-0.4, -0.2) is 35.0 Å². The van der Waals surface area contributed by atoms with Gasteiger partial charge in [0.1, 0.15) is 5.92 Å². The van der Waals surface area contributed by atoms with E-state index in [4.69, 9.17) is 5.11 Å². The molecular formula is C9H13NO3. The standard InChI is InChI=1S/C9H13NO3/c1-5(9(12)13)8(11)10-3-6-2-7(6)4-10/h5-7H,2-4H2,1H3,(H,12,13). The summed E-state index contributed by atoms with van der Waals surface area (Å²) < 4.78 is 0. The molecule has 2 fully saturated rings. The number of carboxylic acids is 1. The Hall–Kier alpha value is -1.06. The Morgan fingerprint density at radius 2 is 1.92 bits per heavy atom. The first-order valence-corrected chi connectivity index (χ1v) is 4.61. The molecule has 2 aliphatic rings. The molecule has 1 heterocycles. The van der Waals surface area contributed by atoms with Crippen LogP contribution in [0.4, 0.5) is 0 Å². The van der Waals surface area contributed by atoms with Crippen molar-refractivity contribution in [1.29, 1.82) is 0 Å². The zero-order chi connectivity index (χ0) is 9.59. The summed E-state index contributed by atoms with van der Waals surface area (Å²) in [6.45, 7) is 3.01. The highest BCUT2D eigenvalue weighted by atomic mass is 16.4. The largest absolute Gasteiger partial charge is 0.481 e. The topological polar surface area (TPSA) is 57.6 Å². The van der Waals surface area contributed by atoms with Gasteiger partial charge in [-0.1, -0.05) is 0 Å². The first-order valence-electron chi connectivity index (χ1n) is 4.61. The molecule has 0 aromatic carbocycles. The predicted molar refractivity (Wildman–Crippen MR) is 45.0 cm³/mol. The molecule has 4 nitrogen and oxygen atoms in total. The molecule has 1 amide bonds. The molecule has 1 N–H and O–H groups in total. The van der Waals surface area contributed by atoms with E-state index in [-0.39, 0.29) is 5.91 Å². The molecule has 72 valence electrons. The van der Waals surface area contributed by atoms with E-state index in [2.05, 4.69) is 0 Å². The number of carboxylic acid groups (broad SMARTS) is 1. The van der Waals surface area contributed by atoms with Crippen molar-refractivity contribution in [3.05, 3.63) is 0 Å². The van der Waals surface area contributed by atoms with Crippen molar-refractivity contribution < 1.29 is 14.7 Å². The minimum Gasteiger partial charge on any atom is -0.481 e. The van der Waals surface area contributed by atoms with Crippen molar-refractivity contribution >= 4 is 11.9 Å². The van der Waals surface area contributed by atoms with Crippen LogP contribution in [0.2, 0.25) is 0 Å². The number of aliphatic carboxylic acids is 1. The number of fused-ring (bicyclic) bond motifs is 1. The van der Waals surface area contributed by atoms with E-state index >= 15 is 0 Å². The van der Waals surface area contributed by atoms with Crippen LogP contribution in [0.1, 0.15) is 13.3 Å². The third kappa shape index (κ3) is 1.41. The van der Waals surface area contributed by atoms with Gasteiger partial charge in [0.25, 0.3) is 0 Å². The molecule has 13 heavy (non-hydrogen) atoms. The van der Waals surface area contributed by atoms with Crippen molar-refractivity contribution in [2.45, 2.75) is 13.3 Å². The molecule has 0 spiro atoms. The second-order valence-corrected chi connectivity index (χ2v) is 4.06. The summed E-state index contributed by atoms with van der Waals surface area (Å²) in [6, 6.07) is 0. The smallest absolute Gasteiger partial charge is 0.315 e. The Morgan fingerprint density at radius 3 is 2.38 bits per heavy atom. The lowest BCUT2D eigenvalue weighted by Gasteiger charge is -2.19. The molecule has 0 bridgehead atoms. The molecular weight excluding hydrogens is 170 g/mol. The Bertz CT molecular complexity index is 254. The maximum absolute atomic E-state index is 11.5. The quantitative estimate of drug-likeness (QED) is 0.621. The van der Waals surface area contributed by atoms with Gasteiger partial charge in [0.15, 0.2) is 0 Å². The summed E-state index contributed by atoms with van der Waals surface area (Å²) in [5.74, 6) is -0.780. The highest BCUT2D eigenvalue weighted by Crippen LogP contribution is 2.45. The number of hydrogen-bond acceptors (Lipinski definition) is 2. The van der Waals surface area contributed by atoms with Crippen LogP contribution in [0.15, 0.2) is 0 Å². The number of amides is 1. The second kappa shape index (κ2) is 2.72. The number of carbonyl (C=O) groups excluding carboxylic acids is 1. The van der Waals surface area contributed by atoms with E-state index in [0.29, 0.717) is 11.8 Å². The molecule has 0 aromatic rings. The Labute approximate surface area is 76.5 Å². The van der Waals surface area contributed by atoms with Crippen LogP contribution in [0.3, 0.4) is 0 Å². The minimum absolute atomic E-state index is 0.222. The summed E-state index contributed by atoms with van der Waals surface area (Å²) in [7, 11) is 0. The first kappa shape index (κ1) is 8.53. The summed E-state index contributed by atoms with van der Waals surface area (Å²) in [6.07, 6.45) is 1.23. The summed E-state index contributed by atoms with van der Waals surface area (Å²) in [5, 5.41) is 8.64. The number of carbonyl (C=O) groups is 2. The van der Waals surface area contributed by atoms with Crippen molar-refractivity contribution in [3.8, 4) is 0 Å². The van der Waals surface area contributed by atoms with Crippen LogP contribution in [0, 0.1) is 17.8 Å². The zero-order valence-electron chi connectivity index (χ0n) is 7.56. The maximum atomic E-state index is 11.5. The normalized spacial score (nSPS) is 32.5. The van der Waals surface area contributed by atoms with Crippen LogP contribution >= 0.6 is 0 Å². The Balaban J connectivity index is 1.93. The van der Waals surface area contributed by atoms with Crippen LogP contribution < -0.4 is 0 Å². The highest BCUT2D eigenvalue weighted by Gasteiger charge is 2.47. The Kier molecular flexibility index (Phi) is 1.78. The fraction of sp³-hybridized carbons (Fsp3) is 0.778. The van der Waals surface area contributed by atoms with Gasteiger partial charge in [-0.15, -0.1) is 0 Å². The van der Waals surface area contributed by atoms with Gasteiger partial charge in [0, 0.05) is 13.1 Å². The second-order valence-electron chi connectivity index (χ2n) is 4.06. The van der Waals surface area contributed by atoms with E-state index in [1.54, 1.807) is 4.90 Å². The van der Waals surface area contributed by atoms with Gasteiger partial charge in [-0.3, -0.25) is 9.59 Å². The molecule has 1 saturated carbocycles. The monoisotopic (exact) mass is 183 g/mol. The summed E-state index contributed by atoms with van der Waals surface area (Å²) >= 11 is 0. The third-order valence-corrected chi connectivity index (χ3v) is 3.03. The lowest BCUT2D eigenvalue weighted by Crippen LogP contribution is -2.37. The number of nitrogens with zero attached hydrogens (tertiary/aromatic N) is 1. The summed E-state index contributed by atoms with van der Waals surface area (Å²) in [5.41, 5.74) is 0. The number of piperidine rings is 1. The maximum Gasteiger partial charge on any atom is 0.315 e.